The van der Waals surface area contributed by atoms with Crippen LogP contribution in [0.1, 0.15) is 6.92 Å². The van der Waals surface area contributed by atoms with E-state index in [1.165, 1.54) is 0 Å². The molecule has 0 aliphatic heterocycles. The molecule has 0 aliphatic rings. The lowest BCUT2D eigenvalue weighted by molar-refractivity contribution is -0.112. The summed E-state index contributed by atoms with van der Waals surface area (Å²) in [7, 11) is -4.13. The van der Waals surface area contributed by atoms with Crippen molar-refractivity contribution in [3.05, 3.63) is 0 Å². The van der Waals surface area contributed by atoms with Crippen molar-refractivity contribution < 1.29 is 19.5 Å². The summed E-state index contributed by atoms with van der Waals surface area (Å²) in [6.45, 7) is 0.910. The Bertz CT molecular complexity index is 82.2. The number of hydrogen-bond donors (Lipinski definition) is 3. The molecule has 42 valence electrons. The first-order chi connectivity index (χ1) is 2.94. The molecule has 0 saturated carbocycles. The molecule has 0 aromatic rings. The third-order valence-electron chi connectivity index (χ3n) is 0.422. The fourth-order valence-corrected chi connectivity index (χ4v) is 0. The summed E-state index contributed by atoms with van der Waals surface area (Å²) in [5.74, 6) is 0. The van der Waals surface area contributed by atoms with Gasteiger partial charge in [-0.15, -0.1) is 0 Å². The number of carbonyl (C=O) groups is 1. The maximum absolute atomic E-state index is 9.76. The van der Waals surface area contributed by atoms with Crippen LogP contribution < -0.4 is 0 Å². The normalized spacial score (nSPS) is 11.4. The second-order valence-electron chi connectivity index (χ2n) is 1.09. The molecule has 0 heterocycles. The number of rotatable bonds is 1. The van der Waals surface area contributed by atoms with Crippen LogP contribution in [0.25, 0.3) is 0 Å². The Morgan fingerprint density at radius 2 is 1.57 bits per heavy atom. The zero-order valence-corrected chi connectivity index (χ0v) is 4.59. The number of hydrogen-bond acceptors (Lipinski definition) is 4. The molecule has 5 heteroatoms. The van der Waals surface area contributed by atoms with Gasteiger partial charge in [-0.25, -0.2) is 4.79 Å². The highest BCUT2D eigenvalue weighted by molar-refractivity contribution is 7.75. The molecule has 4 nitrogen and oxygen atoms in total. The smallest absolute Gasteiger partial charge is 0.244 e. The largest absolute Gasteiger partial charge is 0.478 e. The second-order valence-corrected chi connectivity index (χ2v) is 2.85. The molecule has 0 fully saturated rings. The lowest BCUT2D eigenvalue weighted by Crippen LogP contribution is -1.97. The Morgan fingerprint density at radius 3 is 1.57 bits per heavy atom. The molecule has 0 atom stereocenters. The Kier molecular flexibility index (Phi) is 1.83. The van der Waals surface area contributed by atoms with Crippen molar-refractivity contribution >= 4 is 13.5 Å². The van der Waals surface area contributed by atoms with E-state index in [0.717, 1.165) is 6.92 Å². The van der Waals surface area contributed by atoms with Gasteiger partial charge >= 0.3 is 13.5 Å². The van der Waals surface area contributed by atoms with Crippen LogP contribution in [-0.4, -0.2) is 20.2 Å². The van der Waals surface area contributed by atoms with Gasteiger partial charge in [-0.1, -0.05) is 0 Å². The molecular weight excluding hydrogens is 119 g/mol. The highest BCUT2D eigenvalue weighted by Gasteiger charge is 2.37. The molecule has 0 aromatic carbocycles. The SMILES string of the molecule is CC(=O)[P+](O)(O)O. The van der Waals surface area contributed by atoms with E-state index in [-0.39, 0.29) is 0 Å². The fraction of sp³-hybridized carbons (Fsp3) is 0.500. The van der Waals surface area contributed by atoms with Crippen LogP contribution in [0.15, 0.2) is 0 Å². The van der Waals surface area contributed by atoms with E-state index in [4.69, 9.17) is 14.7 Å². The fourth-order valence-electron chi connectivity index (χ4n) is 0. The predicted molar refractivity (Wildman–Crippen MR) is 24.3 cm³/mol. The lowest BCUT2D eigenvalue weighted by atomic mass is 10.9. The minimum atomic E-state index is -4.13. The van der Waals surface area contributed by atoms with Gasteiger partial charge in [0.1, 0.15) is 0 Å². The third-order valence-corrected chi connectivity index (χ3v) is 1.27. The average molecular weight is 125 g/mol. The van der Waals surface area contributed by atoms with E-state index < -0.39 is 13.5 Å². The molecule has 0 rings (SSSR count). The van der Waals surface area contributed by atoms with Crippen LogP contribution in [0.4, 0.5) is 0 Å². The van der Waals surface area contributed by atoms with Crippen LogP contribution in [0, 0.1) is 0 Å². The van der Waals surface area contributed by atoms with Gasteiger partial charge < -0.3 is 0 Å². The van der Waals surface area contributed by atoms with Crippen LogP contribution >= 0.6 is 7.94 Å². The summed E-state index contributed by atoms with van der Waals surface area (Å²) in [6.07, 6.45) is 0. The van der Waals surface area contributed by atoms with Gasteiger partial charge in [-0.05, 0) is 0 Å². The summed E-state index contributed by atoms with van der Waals surface area (Å²) in [4.78, 5) is 33.7. The van der Waals surface area contributed by atoms with Crippen molar-refractivity contribution in [1.29, 1.82) is 0 Å². The predicted octanol–water partition coefficient (Wildman–Crippen LogP) is -0.728. The molecular formula is C2H6O4P+. The van der Waals surface area contributed by atoms with Crippen molar-refractivity contribution in [2.24, 2.45) is 0 Å². The quantitative estimate of drug-likeness (QED) is 0.404. The topological polar surface area (TPSA) is 77.8 Å². The first-order valence-electron chi connectivity index (χ1n) is 1.53. The van der Waals surface area contributed by atoms with Crippen molar-refractivity contribution in [1.82, 2.24) is 0 Å². The van der Waals surface area contributed by atoms with Crippen LogP contribution in [0.2, 0.25) is 0 Å². The van der Waals surface area contributed by atoms with Crippen molar-refractivity contribution in [3.8, 4) is 0 Å². The first-order valence-corrected chi connectivity index (χ1v) is 3.17. The van der Waals surface area contributed by atoms with Gasteiger partial charge in [0.25, 0.3) is 0 Å². The molecule has 0 aromatic heterocycles. The summed E-state index contributed by atoms with van der Waals surface area (Å²) in [5, 5.41) is 0. The van der Waals surface area contributed by atoms with E-state index >= 15 is 0 Å². The third kappa shape index (κ3) is 2.65. The van der Waals surface area contributed by atoms with E-state index in [0.29, 0.717) is 0 Å². The highest BCUT2D eigenvalue weighted by atomic mass is 31.2. The molecule has 0 aliphatic carbocycles. The zero-order valence-electron chi connectivity index (χ0n) is 3.70. The molecule has 0 bridgehead atoms. The van der Waals surface area contributed by atoms with Crippen molar-refractivity contribution in [2.45, 2.75) is 6.92 Å². The van der Waals surface area contributed by atoms with E-state index in [9.17, 15) is 4.79 Å². The Hall–Kier alpha value is -0.0200. The van der Waals surface area contributed by atoms with Crippen LogP contribution in [0.5, 0.6) is 0 Å². The van der Waals surface area contributed by atoms with Gasteiger partial charge in [0.05, 0.1) is 0 Å². The molecule has 0 radical (unpaired) electrons. The monoisotopic (exact) mass is 125 g/mol. The molecule has 0 amide bonds. The van der Waals surface area contributed by atoms with E-state index in [1.54, 1.807) is 0 Å². The van der Waals surface area contributed by atoms with Gasteiger partial charge in [-0.2, -0.15) is 14.7 Å². The Balaban J connectivity index is 3.79. The van der Waals surface area contributed by atoms with Gasteiger partial charge in [0.2, 0.25) is 0 Å². The second kappa shape index (κ2) is 1.84. The van der Waals surface area contributed by atoms with Gasteiger partial charge in [-0.3, -0.25) is 0 Å². The van der Waals surface area contributed by atoms with Gasteiger partial charge in [0, 0.05) is 6.92 Å². The number of carbonyl (C=O) groups excluding carboxylic acids is 1. The summed E-state index contributed by atoms with van der Waals surface area (Å²) in [5.41, 5.74) is -0.979. The van der Waals surface area contributed by atoms with Crippen molar-refractivity contribution in [3.63, 3.8) is 0 Å². The van der Waals surface area contributed by atoms with Crippen LogP contribution in [0.3, 0.4) is 0 Å². The molecule has 0 saturated heterocycles. The maximum atomic E-state index is 9.76. The van der Waals surface area contributed by atoms with Gasteiger partial charge in [0.15, 0.2) is 0 Å². The molecule has 0 spiro atoms. The zero-order chi connectivity index (χ0) is 6.08. The van der Waals surface area contributed by atoms with E-state index in [2.05, 4.69) is 0 Å². The minimum absolute atomic E-state index is 0.910. The molecule has 3 N–H and O–H groups in total. The van der Waals surface area contributed by atoms with Crippen LogP contribution in [-0.2, 0) is 4.79 Å². The summed E-state index contributed by atoms with van der Waals surface area (Å²) < 4.78 is 0. The summed E-state index contributed by atoms with van der Waals surface area (Å²) in [6, 6.07) is 0. The summed E-state index contributed by atoms with van der Waals surface area (Å²) >= 11 is 0. The van der Waals surface area contributed by atoms with Crippen molar-refractivity contribution in [2.75, 3.05) is 0 Å². The Morgan fingerprint density at radius 1 is 1.43 bits per heavy atom. The molecule has 7 heavy (non-hydrogen) atoms. The Labute approximate surface area is 41.0 Å². The minimum Gasteiger partial charge on any atom is -0.244 e. The van der Waals surface area contributed by atoms with E-state index in [1.807, 2.05) is 0 Å². The maximum Gasteiger partial charge on any atom is 0.478 e. The highest BCUT2D eigenvalue weighted by Crippen LogP contribution is 2.44. The standard InChI is InChI=1S/C2H6O4P/c1-2(3)7(4,5)6/h4-6H,1H3/q+1. The lowest BCUT2D eigenvalue weighted by Gasteiger charge is -1.92. The molecule has 0 unspecified atom stereocenters. The first kappa shape index (κ1) is 6.98. The average Bonchev–Trinajstić information content (AvgIpc) is 1.31.